The van der Waals surface area contributed by atoms with E-state index < -0.39 is 17.6 Å². The van der Waals surface area contributed by atoms with E-state index in [4.69, 9.17) is 10.5 Å². The number of amides is 2. The topological polar surface area (TPSA) is 122 Å². The van der Waals surface area contributed by atoms with Crippen LogP contribution in [0.25, 0.3) is 0 Å². The van der Waals surface area contributed by atoms with Gasteiger partial charge in [0.25, 0.3) is 5.91 Å². The van der Waals surface area contributed by atoms with Crippen molar-refractivity contribution in [2.75, 3.05) is 19.8 Å². The highest BCUT2D eigenvalue weighted by Crippen LogP contribution is 2.27. The van der Waals surface area contributed by atoms with Crippen LogP contribution in [0.3, 0.4) is 0 Å². The van der Waals surface area contributed by atoms with E-state index in [0.717, 1.165) is 0 Å². The van der Waals surface area contributed by atoms with E-state index in [-0.39, 0.29) is 31.1 Å². The number of hydrogen-bond acceptors (Lipinski definition) is 5. The van der Waals surface area contributed by atoms with E-state index in [0.29, 0.717) is 0 Å². The van der Waals surface area contributed by atoms with Crippen molar-refractivity contribution in [2.24, 2.45) is 5.73 Å². The maximum absolute atomic E-state index is 11.6. The lowest BCUT2D eigenvalue weighted by Gasteiger charge is -2.07. The van der Waals surface area contributed by atoms with Gasteiger partial charge in [0.15, 0.2) is 11.5 Å². The molecule has 7 heteroatoms. The Morgan fingerprint density at radius 1 is 1.33 bits per heavy atom. The van der Waals surface area contributed by atoms with Crippen molar-refractivity contribution < 1.29 is 24.5 Å². The fraction of sp³-hybridized carbons (Fsp3) is 0.273. The van der Waals surface area contributed by atoms with E-state index in [1.54, 1.807) is 0 Å². The number of phenolic OH excluding ortho intramolecular Hbond substituents is 2. The standard InChI is InChI=1S/C11H14N2O5/c12-9(15)6-18-5-4-13-11(17)7-2-1-3-8(14)10(7)16/h1-3,14,16H,4-6H2,(H2,12,15)(H,13,17). The SMILES string of the molecule is NC(=O)COCCNC(=O)c1cccc(O)c1O. The summed E-state index contributed by atoms with van der Waals surface area (Å²) in [4.78, 5) is 21.9. The smallest absolute Gasteiger partial charge is 0.255 e. The number of primary amides is 1. The zero-order chi connectivity index (χ0) is 13.5. The molecule has 0 aromatic heterocycles. The van der Waals surface area contributed by atoms with Crippen molar-refractivity contribution >= 4 is 11.8 Å². The van der Waals surface area contributed by atoms with Crippen molar-refractivity contribution in [1.29, 1.82) is 0 Å². The Balaban J connectivity index is 2.41. The number of para-hydroxylation sites is 1. The largest absolute Gasteiger partial charge is 0.504 e. The van der Waals surface area contributed by atoms with Crippen LogP contribution in [0.4, 0.5) is 0 Å². The molecule has 0 aliphatic rings. The molecule has 0 aliphatic carbocycles. The lowest BCUT2D eigenvalue weighted by Crippen LogP contribution is -2.28. The van der Waals surface area contributed by atoms with Gasteiger partial charge in [-0.05, 0) is 12.1 Å². The molecular weight excluding hydrogens is 240 g/mol. The molecule has 1 rings (SSSR count). The summed E-state index contributed by atoms with van der Waals surface area (Å²) in [6.45, 7) is 0.0582. The average molecular weight is 254 g/mol. The molecule has 0 unspecified atom stereocenters. The lowest BCUT2D eigenvalue weighted by molar-refractivity contribution is -0.122. The molecule has 0 saturated carbocycles. The monoisotopic (exact) mass is 254 g/mol. The van der Waals surface area contributed by atoms with Crippen molar-refractivity contribution in [1.82, 2.24) is 5.32 Å². The second-order valence-corrected chi connectivity index (χ2v) is 3.45. The number of carbonyl (C=O) groups is 2. The van der Waals surface area contributed by atoms with Crippen LogP contribution in [0.15, 0.2) is 18.2 Å². The highest BCUT2D eigenvalue weighted by molar-refractivity contribution is 5.97. The van der Waals surface area contributed by atoms with Crippen LogP contribution in [0, 0.1) is 0 Å². The Morgan fingerprint density at radius 3 is 2.72 bits per heavy atom. The summed E-state index contributed by atoms with van der Waals surface area (Å²) in [5, 5.41) is 21.1. The van der Waals surface area contributed by atoms with Crippen LogP contribution < -0.4 is 11.1 Å². The summed E-state index contributed by atoms with van der Waals surface area (Å²) in [6.07, 6.45) is 0. The number of ether oxygens (including phenoxy) is 1. The van der Waals surface area contributed by atoms with Crippen LogP contribution in [0.5, 0.6) is 11.5 Å². The number of nitrogens with one attached hydrogen (secondary N) is 1. The molecule has 18 heavy (non-hydrogen) atoms. The predicted molar refractivity (Wildman–Crippen MR) is 62.1 cm³/mol. The first-order chi connectivity index (χ1) is 8.52. The summed E-state index contributed by atoms with van der Waals surface area (Å²) in [6, 6.07) is 4.07. The third-order valence-electron chi connectivity index (χ3n) is 2.04. The fourth-order valence-electron chi connectivity index (χ4n) is 1.22. The normalized spacial score (nSPS) is 10.0. The molecule has 98 valence electrons. The summed E-state index contributed by atoms with van der Waals surface area (Å²) in [5.74, 6) is -1.99. The quantitative estimate of drug-likeness (QED) is 0.396. The lowest BCUT2D eigenvalue weighted by atomic mass is 10.1. The Bertz CT molecular complexity index is 447. The number of nitrogens with two attached hydrogens (primary N) is 1. The molecule has 0 radical (unpaired) electrons. The van der Waals surface area contributed by atoms with Gasteiger partial charge in [-0.1, -0.05) is 6.07 Å². The zero-order valence-corrected chi connectivity index (χ0v) is 9.55. The molecule has 0 fully saturated rings. The molecule has 0 spiro atoms. The van der Waals surface area contributed by atoms with Gasteiger partial charge >= 0.3 is 0 Å². The number of phenols is 2. The number of aromatic hydroxyl groups is 2. The first-order valence-electron chi connectivity index (χ1n) is 5.17. The minimum Gasteiger partial charge on any atom is -0.504 e. The highest BCUT2D eigenvalue weighted by Gasteiger charge is 2.12. The fourth-order valence-corrected chi connectivity index (χ4v) is 1.22. The summed E-state index contributed by atoms with van der Waals surface area (Å²) >= 11 is 0. The second kappa shape index (κ2) is 6.45. The molecule has 1 aromatic rings. The zero-order valence-electron chi connectivity index (χ0n) is 9.55. The molecule has 7 nitrogen and oxygen atoms in total. The summed E-state index contributed by atoms with van der Waals surface area (Å²) in [7, 11) is 0. The van der Waals surface area contributed by atoms with E-state index >= 15 is 0 Å². The molecule has 5 N–H and O–H groups in total. The molecule has 0 heterocycles. The van der Waals surface area contributed by atoms with Crippen molar-refractivity contribution in [3.63, 3.8) is 0 Å². The van der Waals surface area contributed by atoms with E-state index in [1.807, 2.05) is 0 Å². The Labute approximate surface area is 103 Å². The highest BCUT2D eigenvalue weighted by atomic mass is 16.5. The molecule has 0 atom stereocenters. The minimum absolute atomic E-state index is 0.0371. The number of benzene rings is 1. The van der Waals surface area contributed by atoms with Gasteiger partial charge in [-0.15, -0.1) is 0 Å². The molecule has 2 amide bonds. The number of carbonyl (C=O) groups excluding carboxylic acids is 2. The molecular formula is C11H14N2O5. The first-order valence-corrected chi connectivity index (χ1v) is 5.17. The molecule has 0 bridgehead atoms. The van der Waals surface area contributed by atoms with Crippen LogP contribution in [0.1, 0.15) is 10.4 Å². The maximum Gasteiger partial charge on any atom is 0.255 e. The molecule has 0 saturated heterocycles. The van der Waals surface area contributed by atoms with Gasteiger partial charge in [0.05, 0.1) is 12.2 Å². The van der Waals surface area contributed by atoms with E-state index in [1.165, 1.54) is 18.2 Å². The Kier molecular flexibility index (Phi) is 4.94. The second-order valence-electron chi connectivity index (χ2n) is 3.45. The van der Waals surface area contributed by atoms with Crippen molar-refractivity contribution in [3.8, 4) is 11.5 Å². The average Bonchev–Trinajstić information content (AvgIpc) is 2.31. The van der Waals surface area contributed by atoms with Crippen molar-refractivity contribution in [2.45, 2.75) is 0 Å². The van der Waals surface area contributed by atoms with Gasteiger partial charge in [-0.25, -0.2) is 0 Å². The number of rotatable bonds is 6. The third kappa shape index (κ3) is 3.95. The van der Waals surface area contributed by atoms with Gasteiger partial charge in [0, 0.05) is 6.54 Å². The van der Waals surface area contributed by atoms with Crippen LogP contribution in [-0.4, -0.2) is 41.8 Å². The van der Waals surface area contributed by atoms with E-state index in [2.05, 4.69) is 5.32 Å². The first kappa shape index (κ1) is 13.8. The molecule has 1 aromatic carbocycles. The van der Waals surface area contributed by atoms with Crippen LogP contribution in [-0.2, 0) is 9.53 Å². The Morgan fingerprint density at radius 2 is 2.06 bits per heavy atom. The maximum atomic E-state index is 11.6. The summed E-state index contributed by atoms with van der Waals surface area (Å²) in [5.41, 5.74) is 4.81. The summed E-state index contributed by atoms with van der Waals surface area (Å²) < 4.78 is 4.83. The van der Waals surface area contributed by atoms with Gasteiger partial charge in [0.2, 0.25) is 5.91 Å². The minimum atomic E-state index is -0.591. The van der Waals surface area contributed by atoms with Gasteiger partial charge in [0.1, 0.15) is 6.61 Å². The van der Waals surface area contributed by atoms with Crippen LogP contribution in [0.2, 0.25) is 0 Å². The van der Waals surface area contributed by atoms with Gasteiger partial charge < -0.3 is 26.0 Å². The van der Waals surface area contributed by atoms with Gasteiger partial charge in [-0.2, -0.15) is 0 Å². The van der Waals surface area contributed by atoms with Crippen LogP contribution >= 0.6 is 0 Å². The van der Waals surface area contributed by atoms with Gasteiger partial charge in [-0.3, -0.25) is 9.59 Å². The predicted octanol–water partition coefficient (Wildman–Crippen LogP) is -0.670. The van der Waals surface area contributed by atoms with Crippen molar-refractivity contribution in [3.05, 3.63) is 23.8 Å². The Hall–Kier alpha value is -2.28. The number of hydrogen-bond donors (Lipinski definition) is 4. The third-order valence-corrected chi connectivity index (χ3v) is 2.04. The molecule has 0 aliphatic heterocycles. The van der Waals surface area contributed by atoms with E-state index in [9.17, 15) is 19.8 Å².